The minimum absolute atomic E-state index is 0.131. The van der Waals surface area contributed by atoms with Crippen molar-refractivity contribution < 1.29 is 23.9 Å². The molecule has 2 heterocycles. The number of aryl methyl sites for hydroxylation is 1. The molecule has 1 aliphatic rings. The second-order valence-electron chi connectivity index (χ2n) is 7.67. The lowest BCUT2D eigenvalue weighted by Gasteiger charge is -2.15. The van der Waals surface area contributed by atoms with E-state index in [4.69, 9.17) is 9.90 Å². The van der Waals surface area contributed by atoms with Crippen LogP contribution in [-0.2, 0) is 23.1 Å². The van der Waals surface area contributed by atoms with Crippen molar-refractivity contribution in [3.05, 3.63) is 71.9 Å². The molecular formula is C24H25FN4O4. The molecule has 9 heteroatoms. The molecule has 172 valence electrons. The van der Waals surface area contributed by atoms with E-state index in [2.05, 4.69) is 10.3 Å². The zero-order valence-corrected chi connectivity index (χ0v) is 18.2. The zero-order chi connectivity index (χ0) is 23.8. The minimum atomic E-state index is -0.501. The smallest absolute Gasteiger partial charge is 0.290 e. The lowest BCUT2D eigenvalue weighted by Crippen LogP contribution is -2.29. The SMILES string of the molecule is Cn1cnc(-c2cc(F)cc(C(=O)Nc3ccc(CC(=O)N4CCCC4)cc3)c2)c1.O=CO. The van der Waals surface area contributed by atoms with Crippen molar-refractivity contribution in [2.45, 2.75) is 19.3 Å². The van der Waals surface area contributed by atoms with Crippen LogP contribution < -0.4 is 5.32 Å². The summed E-state index contributed by atoms with van der Waals surface area (Å²) in [4.78, 5) is 39.3. The van der Waals surface area contributed by atoms with Crippen molar-refractivity contribution in [2.24, 2.45) is 7.05 Å². The third kappa shape index (κ3) is 6.49. The van der Waals surface area contributed by atoms with E-state index in [-0.39, 0.29) is 17.9 Å². The summed E-state index contributed by atoms with van der Waals surface area (Å²) in [6.45, 7) is 1.42. The molecule has 0 radical (unpaired) electrons. The van der Waals surface area contributed by atoms with E-state index in [0.717, 1.165) is 31.5 Å². The number of hydrogen-bond donors (Lipinski definition) is 2. The Morgan fingerprint density at radius 1 is 1.15 bits per heavy atom. The number of benzene rings is 2. The number of halogens is 1. The number of nitrogens with one attached hydrogen (secondary N) is 1. The van der Waals surface area contributed by atoms with Gasteiger partial charge in [-0.2, -0.15) is 0 Å². The topological polar surface area (TPSA) is 105 Å². The van der Waals surface area contributed by atoms with Crippen LogP contribution >= 0.6 is 0 Å². The number of amides is 2. The number of aromatic nitrogens is 2. The summed E-state index contributed by atoms with van der Waals surface area (Å²) < 4.78 is 15.8. The maximum Gasteiger partial charge on any atom is 0.290 e. The molecule has 33 heavy (non-hydrogen) atoms. The van der Waals surface area contributed by atoms with E-state index in [9.17, 15) is 14.0 Å². The highest BCUT2D eigenvalue weighted by molar-refractivity contribution is 6.05. The molecule has 0 saturated carbocycles. The molecule has 0 spiro atoms. The third-order valence-electron chi connectivity index (χ3n) is 5.19. The quantitative estimate of drug-likeness (QED) is 0.578. The number of carbonyl (C=O) groups excluding carboxylic acids is 2. The molecular weight excluding hydrogens is 427 g/mol. The second kappa shape index (κ2) is 11.0. The number of hydrogen-bond acceptors (Lipinski definition) is 4. The fourth-order valence-corrected chi connectivity index (χ4v) is 3.59. The first-order chi connectivity index (χ1) is 15.9. The van der Waals surface area contributed by atoms with Crippen molar-refractivity contribution in [1.82, 2.24) is 14.5 Å². The van der Waals surface area contributed by atoms with E-state index in [0.29, 0.717) is 23.4 Å². The fourth-order valence-electron chi connectivity index (χ4n) is 3.59. The number of nitrogens with zero attached hydrogens (tertiary/aromatic N) is 3. The average molecular weight is 452 g/mol. The van der Waals surface area contributed by atoms with Gasteiger partial charge in [0, 0.05) is 43.1 Å². The largest absolute Gasteiger partial charge is 0.483 e. The highest BCUT2D eigenvalue weighted by Crippen LogP contribution is 2.21. The minimum Gasteiger partial charge on any atom is -0.483 e. The van der Waals surface area contributed by atoms with Gasteiger partial charge in [-0.05, 0) is 48.7 Å². The monoisotopic (exact) mass is 452 g/mol. The Hall–Kier alpha value is -4.01. The fraction of sp³-hybridized carbons (Fsp3) is 0.250. The molecule has 3 aromatic rings. The highest BCUT2D eigenvalue weighted by atomic mass is 19.1. The van der Waals surface area contributed by atoms with Crippen molar-refractivity contribution in [2.75, 3.05) is 18.4 Å². The van der Waals surface area contributed by atoms with Crippen LogP contribution in [-0.4, -0.2) is 50.9 Å². The van der Waals surface area contributed by atoms with Crippen LogP contribution in [0, 0.1) is 5.82 Å². The van der Waals surface area contributed by atoms with Gasteiger partial charge < -0.3 is 19.9 Å². The van der Waals surface area contributed by atoms with Gasteiger partial charge in [-0.3, -0.25) is 14.4 Å². The first-order valence-corrected chi connectivity index (χ1v) is 10.4. The molecule has 0 bridgehead atoms. The van der Waals surface area contributed by atoms with Gasteiger partial charge in [0.1, 0.15) is 5.82 Å². The molecule has 2 aromatic carbocycles. The molecule has 1 aliphatic heterocycles. The summed E-state index contributed by atoms with van der Waals surface area (Å²) in [6, 6.07) is 11.3. The third-order valence-corrected chi connectivity index (χ3v) is 5.19. The first-order valence-electron chi connectivity index (χ1n) is 10.4. The Labute approximate surface area is 190 Å². The van der Waals surface area contributed by atoms with Crippen molar-refractivity contribution in [1.29, 1.82) is 0 Å². The van der Waals surface area contributed by atoms with E-state index in [1.165, 1.54) is 12.1 Å². The van der Waals surface area contributed by atoms with Crippen LogP contribution in [0.2, 0.25) is 0 Å². The molecule has 0 atom stereocenters. The maximum atomic E-state index is 14.1. The van der Waals surface area contributed by atoms with Gasteiger partial charge in [0.15, 0.2) is 0 Å². The van der Waals surface area contributed by atoms with Crippen LogP contribution in [0.25, 0.3) is 11.3 Å². The summed E-state index contributed by atoms with van der Waals surface area (Å²) in [7, 11) is 1.83. The Balaban J connectivity index is 0.000000968. The van der Waals surface area contributed by atoms with Gasteiger partial charge >= 0.3 is 0 Å². The Bertz CT molecular complexity index is 1120. The van der Waals surface area contributed by atoms with Crippen molar-refractivity contribution >= 4 is 24.0 Å². The summed E-state index contributed by atoms with van der Waals surface area (Å²) in [5.74, 6) is -0.780. The molecule has 1 saturated heterocycles. The molecule has 2 N–H and O–H groups in total. The van der Waals surface area contributed by atoms with E-state index in [1.54, 1.807) is 35.3 Å². The number of imidazole rings is 1. The Kier molecular flexibility index (Phi) is 7.91. The molecule has 2 amide bonds. The van der Waals surface area contributed by atoms with Gasteiger partial charge in [-0.1, -0.05) is 12.1 Å². The van der Waals surface area contributed by atoms with Gasteiger partial charge in [0.05, 0.1) is 18.4 Å². The molecule has 1 fully saturated rings. The predicted molar refractivity (Wildman–Crippen MR) is 121 cm³/mol. The number of anilines is 1. The van der Waals surface area contributed by atoms with Crippen molar-refractivity contribution in [3.8, 4) is 11.3 Å². The Morgan fingerprint density at radius 3 is 2.42 bits per heavy atom. The Morgan fingerprint density at radius 2 is 1.82 bits per heavy atom. The van der Waals surface area contributed by atoms with Crippen LogP contribution in [0.5, 0.6) is 0 Å². The number of carbonyl (C=O) groups is 3. The molecule has 0 aliphatic carbocycles. The summed E-state index contributed by atoms with van der Waals surface area (Å²) in [6.07, 6.45) is 5.87. The molecule has 8 nitrogen and oxygen atoms in total. The number of rotatable bonds is 5. The van der Waals surface area contributed by atoms with E-state index < -0.39 is 11.7 Å². The van der Waals surface area contributed by atoms with Crippen LogP contribution in [0.4, 0.5) is 10.1 Å². The summed E-state index contributed by atoms with van der Waals surface area (Å²) in [5.41, 5.74) is 2.83. The average Bonchev–Trinajstić information content (AvgIpc) is 3.47. The molecule has 4 rings (SSSR count). The van der Waals surface area contributed by atoms with Crippen LogP contribution in [0.15, 0.2) is 55.0 Å². The zero-order valence-electron chi connectivity index (χ0n) is 18.2. The van der Waals surface area contributed by atoms with Gasteiger partial charge in [0.25, 0.3) is 12.4 Å². The van der Waals surface area contributed by atoms with Crippen LogP contribution in [0.3, 0.4) is 0 Å². The van der Waals surface area contributed by atoms with E-state index >= 15 is 0 Å². The van der Waals surface area contributed by atoms with Gasteiger partial charge in [0.2, 0.25) is 5.91 Å². The predicted octanol–water partition coefficient (Wildman–Crippen LogP) is 3.34. The highest BCUT2D eigenvalue weighted by Gasteiger charge is 2.18. The molecule has 1 aromatic heterocycles. The van der Waals surface area contributed by atoms with Crippen LogP contribution in [0.1, 0.15) is 28.8 Å². The number of likely N-dealkylation sites (tertiary alicyclic amines) is 1. The lowest BCUT2D eigenvalue weighted by atomic mass is 10.1. The van der Waals surface area contributed by atoms with E-state index in [1.807, 2.05) is 24.1 Å². The normalized spacial score (nSPS) is 12.6. The number of carboxylic acid groups (broad SMARTS) is 1. The summed E-state index contributed by atoms with van der Waals surface area (Å²) in [5, 5.41) is 9.67. The molecule has 0 unspecified atom stereocenters. The van der Waals surface area contributed by atoms with Crippen molar-refractivity contribution in [3.63, 3.8) is 0 Å². The first kappa shape index (κ1) is 23.6. The maximum absolute atomic E-state index is 14.1. The van der Waals surface area contributed by atoms with Gasteiger partial charge in [-0.25, -0.2) is 9.37 Å². The second-order valence-corrected chi connectivity index (χ2v) is 7.67. The lowest BCUT2D eigenvalue weighted by molar-refractivity contribution is -0.129. The van der Waals surface area contributed by atoms with Gasteiger partial charge in [-0.15, -0.1) is 0 Å². The summed E-state index contributed by atoms with van der Waals surface area (Å²) >= 11 is 0. The standard InChI is InChI=1S/C23H23FN4O2.CH2O2/c1-27-14-21(25-15-27)17-11-18(13-19(24)12-17)23(30)26-20-6-4-16(5-7-20)10-22(29)28-8-2-3-9-28;2-1-3/h4-7,11-15H,2-3,8-10H2,1H3,(H,26,30);1H,(H,2,3).